The Hall–Kier alpha value is -3.26. The Morgan fingerprint density at radius 3 is 2.53 bits per heavy atom. The Labute approximate surface area is 173 Å². The van der Waals surface area contributed by atoms with Gasteiger partial charge in [-0.2, -0.15) is 9.57 Å². The van der Waals surface area contributed by atoms with Gasteiger partial charge in [0.05, 0.1) is 41.0 Å². The molecule has 1 amide bonds. The number of sulfonamides is 1. The van der Waals surface area contributed by atoms with E-state index >= 15 is 0 Å². The first-order valence-corrected chi connectivity index (χ1v) is 10.5. The van der Waals surface area contributed by atoms with Crippen molar-refractivity contribution < 1.29 is 27.9 Å². The van der Waals surface area contributed by atoms with Gasteiger partial charge in [0.1, 0.15) is 0 Å². The number of rotatable bonds is 5. The van der Waals surface area contributed by atoms with E-state index in [-0.39, 0.29) is 40.4 Å². The van der Waals surface area contributed by atoms with E-state index in [1.807, 2.05) is 6.07 Å². The van der Waals surface area contributed by atoms with Crippen LogP contribution in [0.1, 0.15) is 31.8 Å². The SMILES string of the molecule is Cc1cc(C#N)cc(C(=O)O)c1NC(=O)c1cccc(S(=O)(=O)N2CCOCC2)c1. The van der Waals surface area contributed by atoms with Crippen molar-refractivity contribution in [3.63, 3.8) is 0 Å². The number of morpholine rings is 1. The summed E-state index contributed by atoms with van der Waals surface area (Å²) in [5.41, 5.74) is 0.438. The van der Waals surface area contributed by atoms with Gasteiger partial charge in [0.2, 0.25) is 10.0 Å². The summed E-state index contributed by atoms with van der Waals surface area (Å²) in [6, 6.07) is 10.0. The molecule has 156 valence electrons. The van der Waals surface area contributed by atoms with Crippen molar-refractivity contribution in [2.24, 2.45) is 0 Å². The minimum absolute atomic E-state index is 0.0351. The summed E-state index contributed by atoms with van der Waals surface area (Å²) in [6.07, 6.45) is 0. The molecule has 0 unspecified atom stereocenters. The van der Waals surface area contributed by atoms with E-state index in [2.05, 4.69) is 5.32 Å². The fourth-order valence-corrected chi connectivity index (χ4v) is 4.56. The van der Waals surface area contributed by atoms with E-state index in [1.54, 1.807) is 6.92 Å². The number of amides is 1. The molecule has 1 saturated heterocycles. The van der Waals surface area contributed by atoms with Crippen molar-refractivity contribution in [3.8, 4) is 6.07 Å². The van der Waals surface area contributed by atoms with Gasteiger partial charge in [-0.05, 0) is 42.8 Å². The monoisotopic (exact) mass is 429 g/mol. The Bertz CT molecular complexity index is 1150. The van der Waals surface area contributed by atoms with Crippen LogP contribution in [0.2, 0.25) is 0 Å². The fourth-order valence-electron chi connectivity index (χ4n) is 3.11. The van der Waals surface area contributed by atoms with Crippen molar-refractivity contribution in [2.45, 2.75) is 11.8 Å². The molecule has 0 bridgehead atoms. The normalized spacial score (nSPS) is 14.7. The van der Waals surface area contributed by atoms with E-state index < -0.39 is 21.9 Å². The number of carboxylic acids is 1. The van der Waals surface area contributed by atoms with E-state index in [0.717, 1.165) is 0 Å². The highest BCUT2D eigenvalue weighted by Gasteiger charge is 2.27. The lowest BCUT2D eigenvalue weighted by atomic mass is 10.0. The maximum atomic E-state index is 12.8. The number of nitrogens with one attached hydrogen (secondary N) is 1. The second kappa shape index (κ2) is 8.62. The van der Waals surface area contributed by atoms with Gasteiger partial charge >= 0.3 is 5.97 Å². The summed E-state index contributed by atoms with van der Waals surface area (Å²) in [5.74, 6) is -1.96. The van der Waals surface area contributed by atoms with Crippen LogP contribution >= 0.6 is 0 Å². The molecule has 0 spiro atoms. The van der Waals surface area contributed by atoms with E-state index in [4.69, 9.17) is 10.00 Å². The smallest absolute Gasteiger partial charge is 0.337 e. The van der Waals surface area contributed by atoms with Crippen LogP contribution < -0.4 is 5.32 Å². The molecule has 10 heteroatoms. The number of nitrogens with zero attached hydrogens (tertiary/aromatic N) is 2. The molecule has 30 heavy (non-hydrogen) atoms. The van der Waals surface area contributed by atoms with Gasteiger partial charge in [0.15, 0.2) is 0 Å². The average Bonchev–Trinajstić information content (AvgIpc) is 2.75. The molecule has 1 fully saturated rings. The number of nitriles is 1. The number of hydrogen-bond donors (Lipinski definition) is 2. The van der Waals surface area contributed by atoms with Crippen molar-refractivity contribution in [1.29, 1.82) is 5.26 Å². The zero-order chi connectivity index (χ0) is 21.9. The number of carbonyl (C=O) groups excluding carboxylic acids is 1. The van der Waals surface area contributed by atoms with Crippen LogP contribution in [-0.2, 0) is 14.8 Å². The largest absolute Gasteiger partial charge is 0.478 e. The first kappa shape index (κ1) is 21.4. The van der Waals surface area contributed by atoms with Crippen LogP contribution in [0.5, 0.6) is 0 Å². The number of ether oxygens (including phenoxy) is 1. The van der Waals surface area contributed by atoms with Crippen molar-refractivity contribution >= 4 is 27.6 Å². The van der Waals surface area contributed by atoms with Crippen LogP contribution in [0.25, 0.3) is 0 Å². The third-order valence-corrected chi connectivity index (χ3v) is 6.53. The summed E-state index contributed by atoms with van der Waals surface area (Å²) in [6.45, 7) is 2.63. The Kier molecular flexibility index (Phi) is 6.17. The average molecular weight is 429 g/mol. The Balaban J connectivity index is 1.92. The first-order valence-electron chi connectivity index (χ1n) is 9.01. The molecule has 0 atom stereocenters. The molecule has 2 aromatic carbocycles. The number of carboxylic acid groups (broad SMARTS) is 1. The molecule has 0 aliphatic carbocycles. The molecular formula is C20H19N3O6S. The van der Waals surface area contributed by atoms with E-state index in [9.17, 15) is 23.1 Å². The third-order valence-electron chi connectivity index (χ3n) is 4.64. The lowest BCUT2D eigenvalue weighted by Crippen LogP contribution is -2.40. The summed E-state index contributed by atoms with van der Waals surface area (Å²) in [5, 5.41) is 21.0. The molecule has 1 aliphatic rings. The van der Waals surface area contributed by atoms with Gasteiger partial charge in [-0.3, -0.25) is 4.79 Å². The first-order chi connectivity index (χ1) is 14.2. The highest BCUT2D eigenvalue weighted by molar-refractivity contribution is 7.89. The molecule has 2 aromatic rings. The second-order valence-corrected chi connectivity index (χ2v) is 8.57. The van der Waals surface area contributed by atoms with Gasteiger partial charge in [0.25, 0.3) is 5.91 Å². The number of carbonyl (C=O) groups is 2. The lowest BCUT2D eigenvalue weighted by molar-refractivity contribution is 0.0698. The number of anilines is 1. The van der Waals surface area contributed by atoms with Gasteiger partial charge in [-0.1, -0.05) is 6.07 Å². The van der Waals surface area contributed by atoms with Gasteiger partial charge in [-0.25, -0.2) is 13.2 Å². The van der Waals surface area contributed by atoms with Crippen LogP contribution in [-0.4, -0.2) is 56.0 Å². The molecule has 0 aromatic heterocycles. The van der Waals surface area contributed by atoms with E-state index in [1.165, 1.54) is 40.7 Å². The third kappa shape index (κ3) is 4.33. The molecule has 3 rings (SSSR count). The number of aryl methyl sites for hydroxylation is 1. The standard InChI is InChI=1S/C20H19N3O6S/c1-13-9-14(12-21)10-17(20(25)26)18(13)22-19(24)15-3-2-4-16(11-15)30(27,28)23-5-7-29-8-6-23/h2-4,9-11H,5-8H2,1H3,(H,22,24)(H,25,26). The van der Waals surface area contributed by atoms with Crippen molar-refractivity contribution in [1.82, 2.24) is 4.31 Å². The number of aromatic carboxylic acids is 1. The van der Waals surface area contributed by atoms with Gasteiger partial charge < -0.3 is 15.2 Å². The maximum absolute atomic E-state index is 12.8. The lowest BCUT2D eigenvalue weighted by Gasteiger charge is -2.26. The summed E-state index contributed by atoms with van der Waals surface area (Å²) < 4.78 is 32.1. The predicted octanol–water partition coefficient (Wildman–Crippen LogP) is 1.84. The van der Waals surface area contributed by atoms with E-state index in [0.29, 0.717) is 18.8 Å². The highest BCUT2D eigenvalue weighted by atomic mass is 32.2. The van der Waals surface area contributed by atoms with Crippen molar-refractivity contribution in [2.75, 3.05) is 31.6 Å². The second-order valence-electron chi connectivity index (χ2n) is 6.63. The minimum atomic E-state index is -3.79. The Morgan fingerprint density at radius 2 is 1.90 bits per heavy atom. The molecule has 1 aliphatic heterocycles. The molecule has 9 nitrogen and oxygen atoms in total. The molecule has 0 radical (unpaired) electrons. The summed E-state index contributed by atoms with van der Waals surface area (Å²) >= 11 is 0. The van der Waals surface area contributed by atoms with Crippen LogP contribution in [0.15, 0.2) is 41.3 Å². The van der Waals surface area contributed by atoms with Crippen LogP contribution in [0.4, 0.5) is 5.69 Å². The van der Waals surface area contributed by atoms with Crippen molar-refractivity contribution in [3.05, 3.63) is 58.7 Å². The summed E-state index contributed by atoms with van der Waals surface area (Å²) in [7, 11) is -3.79. The fraction of sp³-hybridized carbons (Fsp3) is 0.250. The molecule has 0 saturated carbocycles. The zero-order valence-corrected chi connectivity index (χ0v) is 16.9. The highest BCUT2D eigenvalue weighted by Crippen LogP contribution is 2.25. The summed E-state index contributed by atoms with van der Waals surface area (Å²) in [4.78, 5) is 24.3. The maximum Gasteiger partial charge on any atom is 0.337 e. The topological polar surface area (TPSA) is 137 Å². The quantitative estimate of drug-likeness (QED) is 0.740. The zero-order valence-electron chi connectivity index (χ0n) is 16.1. The molecular weight excluding hydrogens is 410 g/mol. The number of hydrogen-bond acceptors (Lipinski definition) is 6. The van der Waals surface area contributed by atoms with Crippen LogP contribution in [0.3, 0.4) is 0 Å². The minimum Gasteiger partial charge on any atom is -0.478 e. The van der Waals surface area contributed by atoms with Crippen LogP contribution in [0, 0.1) is 18.3 Å². The van der Waals surface area contributed by atoms with Gasteiger partial charge in [-0.15, -0.1) is 0 Å². The predicted molar refractivity (Wildman–Crippen MR) is 107 cm³/mol. The number of benzene rings is 2. The van der Waals surface area contributed by atoms with Gasteiger partial charge in [0, 0.05) is 18.7 Å². The molecule has 2 N–H and O–H groups in total. The molecule has 1 heterocycles. The Morgan fingerprint density at radius 1 is 1.20 bits per heavy atom.